The molecule has 0 bridgehead atoms. The third kappa shape index (κ3) is 4.16. The molecule has 5 nitrogen and oxygen atoms in total. The van der Waals surface area contributed by atoms with Crippen LogP contribution < -0.4 is 0 Å². The first-order valence-electron chi connectivity index (χ1n) is 6.30. The van der Waals surface area contributed by atoms with Crippen molar-refractivity contribution in [2.24, 2.45) is 0 Å². The Hall–Kier alpha value is -0.810. The summed E-state index contributed by atoms with van der Waals surface area (Å²) in [4.78, 5) is 15.7. The van der Waals surface area contributed by atoms with E-state index in [9.17, 15) is 4.79 Å². The number of ether oxygens (including phenoxy) is 1. The van der Waals surface area contributed by atoms with E-state index in [-0.39, 0.29) is 25.3 Å². The molecule has 100 valence electrons. The normalized spacial score (nSPS) is 18.4. The van der Waals surface area contributed by atoms with Crippen molar-refractivity contribution in [3.05, 3.63) is 0 Å². The van der Waals surface area contributed by atoms with Gasteiger partial charge in [0.1, 0.15) is 6.61 Å². The number of likely N-dealkylation sites (tertiary alicyclic amines) is 1. The lowest BCUT2D eigenvalue weighted by Crippen LogP contribution is -2.47. The number of hydrogen-bond donors (Lipinski definition) is 1. The first-order valence-corrected chi connectivity index (χ1v) is 6.30. The fourth-order valence-corrected chi connectivity index (χ4v) is 2.17. The second-order valence-electron chi connectivity index (χ2n) is 4.81. The largest absolute Gasteiger partial charge is 0.447 e. The van der Waals surface area contributed by atoms with Crippen molar-refractivity contribution in [2.45, 2.75) is 38.8 Å². The molecule has 0 aromatic heterocycles. The van der Waals surface area contributed by atoms with Crippen molar-refractivity contribution in [3.8, 4) is 0 Å². The van der Waals surface area contributed by atoms with E-state index in [0.717, 1.165) is 25.9 Å². The Bertz CT molecular complexity index is 238. The van der Waals surface area contributed by atoms with Crippen molar-refractivity contribution in [1.82, 2.24) is 9.80 Å². The molecule has 1 fully saturated rings. The molecule has 0 aromatic rings. The molecule has 0 atom stereocenters. The molecule has 1 rings (SSSR count). The summed E-state index contributed by atoms with van der Waals surface area (Å²) in [6.45, 7) is 6.40. The molecule has 5 heteroatoms. The average molecular weight is 244 g/mol. The van der Waals surface area contributed by atoms with Crippen molar-refractivity contribution >= 4 is 6.09 Å². The van der Waals surface area contributed by atoms with E-state index in [1.54, 1.807) is 11.9 Å². The molecule has 1 heterocycles. The fourth-order valence-electron chi connectivity index (χ4n) is 2.17. The number of amides is 1. The molecule has 1 aliphatic rings. The highest BCUT2D eigenvalue weighted by molar-refractivity contribution is 5.67. The molecule has 0 spiro atoms. The monoisotopic (exact) mass is 244 g/mol. The Labute approximate surface area is 103 Å². The first-order chi connectivity index (χ1) is 8.06. The van der Waals surface area contributed by atoms with Crippen LogP contribution in [0.1, 0.15) is 26.7 Å². The zero-order valence-electron chi connectivity index (χ0n) is 11.1. The Morgan fingerprint density at radius 2 is 2.06 bits per heavy atom. The van der Waals surface area contributed by atoms with Crippen LogP contribution in [-0.4, -0.2) is 66.4 Å². The van der Waals surface area contributed by atoms with Gasteiger partial charge in [-0.15, -0.1) is 0 Å². The Morgan fingerprint density at radius 1 is 1.47 bits per heavy atom. The van der Waals surface area contributed by atoms with Crippen LogP contribution in [0.3, 0.4) is 0 Å². The van der Waals surface area contributed by atoms with Gasteiger partial charge in [-0.2, -0.15) is 0 Å². The van der Waals surface area contributed by atoms with Crippen molar-refractivity contribution < 1.29 is 14.6 Å². The van der Waals surface area contributed by atoms with Gasteiger partial charge in [0, 0.05) is 32.2 Å². The molecule has 1 aliphatic heterocycles. The van der Waals surface area contributed by atoms with Gasteiger partial charge in [0.05, 0.1) is 6.61 Å². The minimum Gasteiger partial charge on any atom is -0.447 e. The van der Waals surface area contributed by atoms with Crippen molar-refractivity contribution in [1.29, 1.82) is 0 Å². The van der Waals surface area contributed by atoms with E-state index >= 15 is 0 Å². The van der Waals surface area contributed by atoms with Gasteiger partial charge in [-0.05, 0) is 26.7 Å². The molecule has 0 aromatic carbocycles. The van der Waals surface area contributed by atoms with Crippen LogP contribution in [-0.2, 0) is 4.74 Å². The van der Waals surface area contributed by atoms with Crippen molar-refractivity contribution in [3.63, 3.8) is 0 Å². The second kappa shape index (κ2) is 6.81. The maximum absolute atomic E-state index is 11.6. The Morgan fingerprint density at radius 3 is 2.53 bits per heavy atom. The van der Waals surface area contributed by atoms with E-state index in [1.165, 1.54) is 0 Å². The van der Waals surface area contributed by atoms with Crippen LogP contribution in [0.25, 0.3) is 0 Å². The van der Waals surface area contributed by atoms with Gasteiger partial charge >= 0.3 is 6.09 Å². The van der Waals surface area contributed by atoms with Gasteiger partial charge in [0.2, 0.25) is 0 Å². The predicted molar refractivity (Wildman–Crippen MR) is 65.9 cm³/mol. The van der Waals surface area contributed by atoms with Crippen LogP contribution >= 0.6 is 0 Å². The van der Waals surface area contributed by atoms with Crippen molar-refractivity contribution in [2.75, 3.05) is 33.4 Å². The highest BCUT2D eigenvalue weighted by Gasteiger charge is 2.26. The molecule has 1 N–H and O–H groups in total. The van der Waals surface area contributed by atoms with E-state index in [2.05, 4.69) is 18.7 Å². The van der Waals surface area contributed by atoms with Crippen LogP contribution in [0.2, 0.25) is 0 Å². The molecule has 0 unspecified atom stereocenters. The van der Waals surface area contributed by atoms with Gasteiger partial charge in [0.25, 0.3) is 0 Å². The summed E-state index contributed by atoms with van der Waals surface area (Å²) in [5.74, 6) is 0. The molecule has 0 radical (unpaired) electrons. The van der Waals surface area contributed by atoms with Crippen LogP contribution in [0, 0.1) is 0 Å². The highest BCUT2D eigenvalue weighted by atomic mass is 16.6. The molecule has 1 amide bonds. The highest BCUT2D eigenvalue weighted by Crippen LogP contribution is 2.17. The van der Waals surface area contributed by atoms with Crippen LogP contribution in [0.5, 0.6) is 0 Å². The number of nitrogens with zero attached hydrogens (tertiary/aromatic N) is 2. The standard InChI is InChI=1S/C12H24N2O3/c1-10(2)14-6-4-11(5-7-14)13(3)12(16)17-9-8-15/h10-11,15H,4-9H2,1-3H3. The lowest BCUT2D eigenvalue weighted by Gasteiger charge is -2.38. The third-order valence-corrected chi connectivity index (χ3v) is 3.38. The van der Waals surface area contributed by atoms with E-state index in [0.29, 0.717) is 6.04 Å². The second-order valence-corrected chi connectivity index (χ2v) is 4.81. The van der Waals surface area contributed by atoms with E-state index < -0.39 is 0 Å². The lowest BCUT2D eigenvalue weighted by molar-refractivity contribution is 0.0610. The quantitative estimate of drug-likeness (QED) is 0.799. The summed E-state index contributed by atoms with van der Waals surface area (Å²) < 4.78 is 4.90. The average Bonchev–Trinajstić information content (AvgIpc) is 2.35. The summed E-state index contributed by atoms with van der Waals surface area (Å²) in [5.41, 5.74) is 0. The molecule has 0 saturated carbocycles. The van der Waals surface area contributed by atoms with E-state index in [1.807, 2.05) is 0 Å². The van der Waals surface area contributed by atoms with Gasteiger partial charge in [-0.25, -0.2) is 4.79 Å². The van der Waals surface area contributed by atoms with Crippen LogP contribution in [0.15, 0.2) is 0 Å². The third-order valence-electron chi connectivity index (χ3n) is 3.38. The molecule has 0 aliphatic carbocycles. The number of carbonyl (C=O) groups excluding carboxylic acids is 1. The van der Waals surface area contributed by atoms with Gasteiger partial charge in [-0.3, -0.25) is 0 Å². The molecular weight excluding hydrogens is 220 g/mol. The number of hydrogen-bond acceptors (Lipinski definition) is 4. The zero-order chi connectivity index (χ0) is 12.8. The molecule has 1 saturated heterocycles. The van der Waals surface area contributed by atoms with E-state index in [4.69, 9.17) is 9.84 Å². The minimum absolute atomic E-state index is 0.0774. The Balaban J connectivity index is 2.35. The molecular formula is C12H24N2O3. The van der Waals surface area contributed by atoms with Crippen LogP contribution in [0.4, 0.5) is 4.79 Å². The van der Waals surface area contributed by atoms with Gasteiger partial charge in [0.15, 0.2) is 0 Å². The zero-order valence-corrected chi connectivity index (χ0v) is 11.1. The SMILES string of the molecule is CC(C)N1CCC(N(C)C(=O)OCCO)CC1. The summed E-state index contributed by atoms with van der Waals surface area (Å²) in [6, 6.07) is 0.832. The topological polar surface area (TPSA) is 53.0 Å². The first kappa shape index (κ1) is 14.3. The predicted octanol–water partition coefficient (Wildman–Crippen LogP) is 0.920. The molecule has 17 heavy (non-hydrogen) atoms. The lowest BCUT2D eigenvalue weighted by atomic mass is 10.0. The number of rotatable bonds is 4. The van der Waals surface area contributed by atoms with Gasteiger partial charge < -0.3 is 19.6 Å². The summed E-state index contributed by atoms with van der Waals surface area (Å²) in [6.07, 6.45) is 1.65. The minimum atomic E-state index is -0.331. The number of aliphatic hydroxyl groups excluding tert-OH is 1. The summed E-state index contributed by atoms with van der Waals surface area (Å²) >= 11 is 0. The Kier molecular flexibility index (Phi) is 5.71. The summed E-state index contributed by atoms with van der Waals surface area (Å²) in [5, 5.41) is 8.60. The smallest absolute Gasteiger partial charge is 0.409 e. The number of carbonyl (C=O) groups is 1. The fraction of sp³-hybridized carbons (Fsp3) is 0.917. The maximum Gasteiger partial charge on any atom is 0.409 e. The number of aliphatic hydroxyl groups is 1. The maximum atomic E-state index is 11.6. The van der Waals surface area contributed by atoms with Gasteiger partial charge in [-0.1, -0.05) is 0 Å². The number of piperidine rings is 1. The summed E-state index contributed by atoms with van der Waals surface area (Å²) in [7, 11) is 1.77.